The van der Waals surface area contributed by atoms with Gasteiger partial charge in [-0.25, -0.2) is 4.68 Å². The Morgan fingerprint density at radius 1 is 1.44 bits per heavy atom. The first-order valence-corrected chi connectivity index (χ1v) is 9.58. The van der Waals surface area contributed by atoms with Gasteiger partial charge < -0.3 is 9.30 Å². The number of aromatic nitrogens is 3. The molecule has 0 N–H and O–H groups in total. The minimum absolute atomic E-state index is 0.146. The van der Waals surface area contributed by atoms with Crippen LogP contribution in [0.2, 0.25) is 0 Å². The van der Waals surface area contributed by atoms with E-state index < -0.39 is 0 Å². The van der Waals surface area contributed by atoms with Gasteiger partial charge in [0.15, 0.2) is 10.6 Å². The van der Waals surface area contributed by atoms with Crippen LogP contribution in [0.15, 0.2) is 24.3 Å². The number of rotatable bonds is 4. The lowest BCUT2D eigenvalue weighted by Crippen LogP contribution is -2.42. The molecule has 0 unspecified atom stereocenters. The molecule has 1 aliphatic heterocycles. The fourth-order valence-electron chi connectivity index (χ4n) is 2.93. The van der Waals surface area contributed by atoms with Crippen LogP contribution in [-0.2, 0) is 23.2 Å². The lowest BCUT2D eigenvalue weighted by atomic mass is 10.1. The van der Waals surface area contributed by atoms with Crippen LogP contribution >= 0.6 is 24.0 Å². The molecule has 1 aromatic heterocycles. The first kappa shape index (κ1) is 18.2. The molecule has 1 atom stereocenters. The molecule has 2 aromatic rings. The maximum Gasteiger partial charge on any atom is 0.320 e. The highest BCUT2D eigenvalue weighted by Gasteiger charge is 2.27. The fourth-order valence-corrected chi connectivity index (χ4v) is 4.31. The first-order chi connectivity index (χ1) is 12.0. The predicted molar refractivity (Wildman–Crippen MR) is 102 cm³/mol. The van der Waals surface area contributed by atoms with Crippen molar-refractivity contribution in [1.29, 1.82) is 0 Å². The van der Waals surface area contributed by atoms with Crippen LogP contribution < -0.4 is 0 Å². The van der Waals surface area contributed by atoms with Gasteiger partial charge in [0.25, 0.3) is 0 Å². The number of aryl methyl sites for hydroxylation is 1. The van der Waals surface area contributed by atoms with Gasteiger partial charge >= 0.3 is 5.97 Å². The predicted octanol–water partition coefficient (Wildman–Crippen LogP) is 2.47. The number of thioether (sulfide) groups is 1. The number of ether oxygens (including phenoxy) is 1. The molecule has 0 radical (unpaired) electrons. The van der Waals surface area contributed by atoms with Crippen molar-refractivity contribution in [1.82, 2.24) is 19.2 Å². The maximum atomic E-state index is 11.8. The maximum absolute atomic E-state index is 11.8. The van der Waals surface area contributed by atoms with Gasteiger partial charge in [-0.3, -0.25) is 9.69 Å². The molecule has 8 heteroatoms. The molecule has 1 aromatic carbocycles. The molecule has 1 aliphatic rings. The molecule has 1 saturated heterocycles. The topological polar surface area (TPSA) is 52.3 Å². The Labute approximate surface area is 156 Å². The van der Waals surface area contributed by atoms with Crippen LogP contribution in [-0.4, -0.2) is 56.4 Å². The van der Waals surface area contributed by atoms with Crippen molar-refractivity contribution < 1.29 is 9.53 Å². The minimum atomic E-state index is -0.167. The molecular formula is C17H22N4O2S2. The first-order valence-electron chi connectivity index (χ1n) is 8.13. The highest BCUT2D eigenvalue weighted by Crippen LogP contribution is 2.23. The smallest absolute Gasteiger partial charge is 0.320 e. The summed E-state index contributed by atoms with van der Waals surface area (Å²) >= 11 is 7.21. The number of esters is 1. The summed E-state index contributed by atoms with van der Waals surface area (Å²) in [7, 11) is 3.38. The van der Waals surface area contributed by atoms with Crippen molar-refractivity contribution in [3.05, 3.63) is 34.6 Å². The number of hydrogen-bond acceptors (Lipinski definition) is 6. The third-order valence-electron chi connectivity index (χ3n) is 4.38. The molecule has 134 valence electrons. The van der Waals surface area contributed by atoms with E-state index in [0.29, 0.717) is 18.0 Å². The molecular weight excluding hydrogens is 356 g/mol. The zero-order chi connectivity index (χ0) is 18.0. The monoisotopic (exact) mass is 378 g/mol. The Morgan fingerprint density at radius 2 is 2.20 bits per heavy atom. The number of hydrogen-bond donors (Lipinski definition) is 0. The summed E-state index contributed by atoms with van der Waals surface area (Å²) in [6, 6.07) is 8.15. The molecule has 3 rings (SSSR count). The molecule has 0 spiro atoms. The van der Waals surface area contributed by atoms with Gasteiger partial charge in [-0.1, -0.05) is 24.3 Å². The van der Waals surface area contributed by atoms with Crippen LogP contribution in [0.1, 0.15) is 5.56 Å². The summed E-state index contributed by atoms with van der Waals surface area (Å²) in [5, 5.41) is 4.59. The van der Waals surface area contributed by atoms with Crippen molar-refractivity contribution in [2.24, 2.45) is 7.05 Å². The molecule has 2 heterocycles. The summed E-state index contributed by atoms with van der Waals surface area (Å²) in [5.74, 6) is 1.59. The third kappa shape index (κ3) is 3.80. The largest absolute Gasteiger partial charge is 0.468 e. The number of carbonyl (C=O) groups is 1. The second-order valence-corrected chi connectivity index (χ2v) is 7.76. The van der Waals surface area contributed by atoms with Crippen molar-refractivity contribution >= 4 is 29.9 Å². The normalized spacial score (nSPS) is 18.3. The van der Waals surface area contributed by atoms with Gasteiger partial charge in [-0.15, -0.1) is 11.8 Å². The molecule has 1 fully saturated rings. The van der Waals surface area contributed by atoms with Crippen LogP contribution in [0.4, 0.5) is 0 Å². The molecule has 6 nitrogen and oxygen atoms in total. The van der Waals surface area contributed by atoms with Crippen LogP contribution in [0.3, 0.4) is 0 Å². The van der Waals surface area contributed by atoms with E-state index in [1.54, 1.807) is 11.8 Å². The van der Waals surface area contributed by atoms with Crippen molar-refractivity contribution in [3.63, 3.8) is 0 Å². The number of nitrogens with zero attached hydrogens (tertiary/aromatic N) is 4. The van der Waals surface area contributed by atoms with Gasteiger partial charge in [0.2, 0.25) is 0 Å². The number of benzene rings is 1. The van der Waals surface area contributed by atoms with E-state index in [9.17, 15) is 4.79 Å². The standard InChI is InChI=1S/C17H22N4O2S2/c1-12-6-4-5-7-13(12)15-18-21(17(24)19(15)2)11-20-8-9-25-14(10-20)16(22)23-3/h4-7,14H,8-11H2,1-3H3/t14-/m1/s1. The van der Waals surface area contributed by atoms with E-state index in [2.05, 4.69) is 24.0 Å². The van der Waals surface area contributed by atoms with E-state index >= 15 is 0 Å². The Balaban J connectivity index is 1.82. The van der Waals surface area contributed by atoms with E-state index in [1.807, 2.05) is 28.4 Å². The van der Waals surface area contributed by atoms with Gasteiger partial charge in [0.05, 0.1) is 13.8 Å². The summed E-state index contributed by atoms with van der Waals surface area (Å²) in [4.78, 5) is 14.0. The number of carbonyl (C=O) groups excluding carboxylic acids is 1. The van der Waals surface area contributed by atoms with E-state index in [1.165, 1.54) is 7.11 Å². The average Bonchev–Trinajstić information content (AvgIpc) is 2.90. The van der Waals surface area contributed by atoms with Crippen molar-refractivity contribution in [3.8, 4) is 11.4 Å². The van der Waals surface area contributed by atoms with Crippen molar-refractivity contribution in [2.45, 2.75) is 18.8 Å². The Kier molecular flexibility index (Phi) is 5.61. The van der Waals surface area contributed by atoms with Gasteiger partial charge in [0, 0.05) is 31.5 Å². The fraction of sp³-hybridized carbons (Fsp3) is 0.471. The van der Waals surface area contributed by atoms with E-state index in [-0.39, 0.29) is 11.2 Å². The quantitative estimate of drug-likeness (QED) is 0.602. The number of methoxy groups -OCH3 is 1. The molecule has 0 amide bonds. The lowest BCUT2D eigenvalue weighted by Gasteiger charge is -2.30. The SMILES string of the molecule is COC(=O)[C@H]1CN(Cn2nc(-c3ccccc3C)n(C)c2=S)CCS1. The molecule has 0 saturated carbocycles. The second-order valence-electron chi connectivity index (χ2n) is 6.08. The Hall–Kier alpha value is -1.64. The summed E-state index contributed by atoms with van der Waals surface area (Å²) < 4.78 is 9.32. The second kappa shape index (κ2) is 7.72. The zero-order valence-corrected chi connectivity index (χ0v) is 16.3. The lowest BCUT2D eigenvalue weighted by molar-refractivity contribution is -0.140. The van der Waals surface area contributed by atoms with Gasteiger partial charge in [-0.2, -0.15) is 5.10 Å². The Morgan fingerprint density at radius 3 is 2.92 bits per heavy atom. The highest BCUT2D eigenvalue weighted by atomic mass is 32.2. The highest BCUT2D eigenvalue weighted by molar-refractivity contribution is 8.00. The minimum Gasteiger partial charge on any atom is -0.468 e. The molecule has 0 aliphatic carbocycles. The Bertz CT molecular complexity index is 830. The van der Waals surface area contributed by atoms with Crippen molar-refractivity contribution in [2.75, 3.05) is 26.0 Å². The average molecular weight is 379 g/mol. The van der Waals surface area contributed by atoms with E-state index in [4.69, 9.17) is 22.1 Å². The summed E-state index contributed by atoms with van der Waals surface area (Å²) in [6.07, 6.45) is 0. The van der Waals surface area contributed by atoms with Crippen LogP contribution in [0, 0.1) is 11.7 Å². The summed E-state index contributed by atoms with van der Waals surface area (Å²) in [5.41, 5.74) is 2.24. The third-order valence-corrected chi connectivity index (χ3v) is 6.02. The van der Waals surface area contributed by atoms with Crippen LogP contribution in [0.25, 0.3) is 11.4 Å². The van der Waals surface area contributed by atoms with E-state index in [0.717, 1.165) is 29.2 Å². The zero-order valence-electron chi connectivity index (χ0n) is 14.6. The summed E-state index contributed by atoms with van der Waals surface area (Å²) in [6.45, 7) is 4.19. The van der Waals surface area contributed by atoms with Crippen LogP contribution in [0.5, 0.6) is 0 Å². The van der Waals surface area contributed by atoms with Gasteiger partial charge in [-0.05, 0) is 24.7 Å². The molecule has 0 bridgehead atoms. The van der Waals surface area contributed by atoms with Gasteiger partial charge in [0.1, 0.15) is 5.25 Å². The molecule has 25 heavy (non-hydrogen) atoms.